The van der Waals surface area contributed by atoms with Crippen LogP contribution in [0, 0.1) is 0 Å². The number of nitrogens with zero attached hydrogens (tertiary/aromatic N) is 3. The fourth-order valence-electron chi connectivity index (χ4n) is 2.28. The van der Waals surface area contributed by atoms with E-state index in [0.717, 1.165) is 0 Å². The predicted molar refractivity (Wildman–Crippen MR) is 96.7 cm³/mol. The van der Waals surface area contributed by atoms with Crippen molar-refractivity contribution in [2.75, 3.05) is 26.7 Å². The highest BCUT2D eigenvalue weighted by Crippen LogP contribution is 2.08. The molecule has 0 saturated carbocycles. The van der Waals surface area contributed by atoms with Crippen LogP contribution >= 0.6 is 0 Å². The van der Waals surface area contributed by atoms with E-state index in [9.17, 15) is 14.4 Å². The SMILES string of the molecule is CN(C(=O)C[C@@H](N)CCCN=C(N)N)C1CN=C(NCC(N)=O)NC1=O. The van der Waals surface area contributed by atoms with Gasteiger partial charge in [-0.05, 0) is 12.8 Å². The average molecular weight is 369 g/mol. The summed E-state index contributed by atoms with van der Waals surface area (Å²) in [6, 6.07) is -1.10. The number of carbonyl (C=O) groups is 3. The number of carbonyl (C=O) groups excluding carboxylic acids is 3. The molecule has 1 rings (SSSR count). The molecule has 0 spiro atoms. The molecular weight excluding hydrogens is 342 g/mol. The Balaban J connectivity index is 2.46. The van der Waals surface area contributed by atoms with Crippen LogP contribution < -0.4 is 33.6 Å². The third kappa shape index (κ3) is 7.34. The summed E-state index contributed by atoms with van der Waals surface area (Å²) in [7, 11) is 1.52. The second kappa shape index (κ2) is 10.2. The lowest BCUT2D eigenvalue weighted by molar-refractivity contribution is -0.138. The third-order valence-electron chi connectivity index (χ3n) is 3.72. The van der Waals surface area contributed by atoms with Crippen molar-refractivity contribution in [3.05, 3.63) is 0 Å². The van der Waals surface area contributed by atoms with Crippen molar-refractivity contribution in [3.8, 4) is 0 Å². The summed E-state index contributed by atoms with van der Waals surface area (Å²) >= 11 is 0. The standard InChI is InChI=1S/C14H27N9O3/c1-23(11(25)5-8(15)3-2-4-19-13(17)18)9-6-20-14(22-12(9)26)21-7-10(16)24/h8-9H,2-7,15H2,1H3,(H2,16,24)(H4,17,18,19)(H2,20,21,22,26)/t8-,9?/m0/s1. The minimum absolute atomic E-state index is 0.0166. The molecule has 0 aromatic rings. The van der Waals surface area contributed by atoms with E-state index in [0.29, 0.717) is 19.4 Å². The van der Waals surface area contributed by atoms with E-state index < -0.39 is 17.9 Å². The molecule has 2 atom stereocenters. The molecular formula is C14H27N9O3. The number of hydrogen-bond donors (Lipinski definition) is 6. The molecule has 1 aliphatic rings. The van der Waals surface area contributed by atoms with E-state index in [1.165, 1.54) is 11.9 Å². The van der Waals surface area contributed by atoms with Crippen molar-refractivity contribution >= 4 is 29.6 Å². The molecule has 1 aliphatic heterocycles. The Morgan fingerprint density at radius 2 is 2.12 bits per heavy atom. The fraction of sp³-hybridized carbons (Fsp3) is 0.643. The van der Waals surface area contributed by atoms with Crippen molar-refractivity contribution < 1.29 is 14.4 Å². The van der Waals surface area contributed by atoms with Crippen LogP contribution in [0.25, 0.3) is 0 Å². The van der Waals surface area contributed by atoms with Gasteiger partial charge in [-0.1, -0.05) is 0 Å². The lowest BCUT2D eigenvalue weighted by Gasteiger charge is -2.30. The Hall–Kier alpha value is -2.89. The third-order valence-corrected chi connectivity index (χ3v) is 3.72. The van der Waals surface area contributed by atoms with E-state index >= 15 is 0 Å². The highest BCUT2D eigenvalue weighted by atomic mass is 16.2. The summed E-state index contributed by atoms with van der Waals surface area (Å²) in [6.07, 6.45) is 1.32. The van der Waals surface area contributed by atoms with Gasteiger partial charge in [-0.15, -0.1) is 0 Å². The number of primary amides is 1. The molecule has 0 bridgehead atoms. The van der Waals surface area contributed by atoms with Crippen LogP contribution in [0.2, 0.25) is 0 Å². The van der Waals surface area contributed by atoms with Gasteiger partial charge in [0, 0.05) is 26.1 Å². The summed E-state index contributed by atoms with van der Waals surface area (Å²) in [6.45, 7) is 0.378. The van der Waals surface area contributed by atoms with Gasteiger partial charge in [0.15, 0.2) is 11.9 Å². The Morgan fingerprint density at radius 3 is 2.69 bits per heavy atom. The van der Waals surface area contributed by atoms with E-state index in [1.54, 1.807) is 0 Å². The topological polar surface area (TPSA) is 207 Å². The molecule has 0 radical (unpaired) electrons. The van der Waals surface area contributed by atoms with Gasteiger partial charge in [0.05, 0.1) is 13.1 Å². The molecule has 0 fully saturated rings. The minimum Gasteiger partial charge on any atom is -0.370 e. The van der Waals surface area contributed by atoms with E-state index in [1.807, 2.05) is 0 Å². The summed E-state index contributed by atoms with van der Waals surface area (Å²) in [5.74, 6) is -1.07. The van der Waals surface area contributed by atoms with Gasteiger partial charge in [-0.3, -0.25) is 29.7 Å². The van der Waals surface area contributed by atoms with E-state index in [4.69, 9.17) is 22.9 Å². The zero-order valence-electron chi connectivity index (χ0n) is 14.8. The second-order valence-electron chi connectivity index (χ2n) is 5.93. The number of nitrogens with one attached hydrogen (secondary N) is 2. The molecule has 0 aromatic heterocycles. The molecule has 26 heavy (non-hydrogen) atoms. The predicted octanol–water partition coefficient (Wildman–Crippen LogP) is -3.85. The smallest absolute Gasteiger partial charge is 0.251 e. The quantitative estimate of drug-likeness (QED) is 0.135. The Morgan fingerprint density at radius 1 is 1.42 bits per heavy atom. The van der Waals surface area contributed by atoms with Crippen LogP contribution in [0.4, 0.5) is 0 Å². The zero-order chi connectivity index (χ0) is 19.7. The highest BCUT2D eigenvalue weighted by Gasteiger charge is 2.31. The Bertz CT molecular complexity index is 586. The first kappa shape index (κ1) is 21.2. The molecule has 1 heterocycles. The van der Waals surface area contributed by atoms with Crippen LogP contribution in [-0.2, 0) is 14.4 Å². The number of rotatable bonds is 9. The van der Waals surface area contributed by atoms with Crippen molar-refractivity contribution in [2.45, 2.75) is 31.3 Å². The highest BCUT2D eigenvalue weighted by molar-refractivity contribution is 6.03. The van der Waals surface area contributed by atoms with Crippen LogP contribution in [0.1, 0.15) is 19.3 Å². The largest absolute Gasteiger partial charge is 0.370 e. The fourth-order valence-corrected chi connectivity index (χ4v) is 2.28. The number of nitrogens with two attached hydrogens (primary N) is 4. The molecule has 3 amide bonds. The van der Waals surface area contributed by atoms with Gasteiger partial charge in [-0.2, -0.15) is 0 Å². The van der Waals surface area contributed by atoms with Crippen molar-refractivity contribution in [3.63, 3.8) is 0 Å². The van der Waals surface area contributed by atoms with Gasteiger partial charge in [0.2, 0.25) is 11.8 Å². The van der Waals surface area contributed by atoms with Gasteiger partial charge in [0.25, 0.3) is 5.91 Å². The maximum atomic E-state index is 12.3. The minimum atomic E-state index is -0.740. The van der Waals surface area contributed by atoms with E-state index in [2.05, 4.69) is 20.6 Å². The van der Waals surface area contributed by atoms with Crippen molar-refractivity contribution in [2.24, 2.45) is 32.9 Å². The first-order chi connectivity index (χ1) is 12.2. The van der Waals surface area contributed by atoms with E-state index in [-0.39, 0.29) is 43.4 Å². The molecule has 12 heteroatoms. The molecule has 12 nitrogen and oxygen atoms in total. The average Bonchev–Trinajstić information content (AvgIpc) is 2.56. The number of guanidine groups is 2. The summed E-state index contributed by atoms with van der Waals surface area (Å²) < 4.78 is 0. The molecule has 10 N–H and O–H groups in total. The zero-order valence-corrected chi connectivity index (χ0v) is 14.8. The van der Waals surface area contributed by atoms with Gasteiger partial charge < -0.3 is 33.2 Å². The number of aliphatic imine (C=N–C) groups is 2. The number of hydrogen-bond acceptors (Lipinski definition) is 7. The molecule has 0 aliphatic carbocycles. The molecule has 0 saturated heterocycles. The lowest BCUT2D eigenvalue weighted by Crippen LogP contribution is -2.57. The number of amides is 3. The summed E-state index contributed by atoms with van der Waals surface area (Å²) in [4.78, 5) is 44.4. The maximum absolute atomic E-state index is 12.3. The maximum Gasteiger partial charge on any atom is 0.251 e. The molecule has 0 aromatic carbocycles. The lowest BCUT2D eigenvalue weighted by atomic mass is 10.1. The Labute approximate surface area is 151 Å². The summed E-state index contributed by atoms with van der Waals surface area (Å²) in [5.41, 5.74) is 21.4. The first-order valence-corrected chi connectivity index (χ1v) is 8.14. The monoisotopic (exact) mass is 369 g/mol. The molecule has 146 valence electrons. The second-order valence-corrected chi connectivity index (χ2v) is 5.93. The van der Waals surface area contributed by atoms with Crippen LogP contribution in [0.3, 0.4) is 0 Å². The van der Waals surface area contributed by atoms with Crippen LogP contribution in [0.5, 0.6) is 0 Å². The normalized spacial score (nSPS) is 17.5. The van der Waals surface area contributed by atoms with Gasteiger partial charge in [-0.25, -0.2) is 0 Å². The number of likely N-dealkylation sites (N-methyl/N-ethyl adjacent to an activating group) is 1. The van der Waals surface area contributed by atoms with Crippen molar-refractivity contribution in [1.29, 1.82) is 0 Å². The van der Waals surface area contributed by atoms with Crippen LogP contribution in [0.15, 0.2) is 9.98 Å². The molecule has 1 unspecified atom stereocenters. The van der Waals surface area contributed by atoms with Gasteiger partial charge in [0.1, 0.15) is 6.04 Å². The Kier molecular flexibility index (Phi) is 8.28. The van der Waals surface area contributed by atoms with Crippen LogP contribution in [-0.4, -0.2) is 73.3 Å². The summed E-state index contributed by atoms with van der Waals surface area (Å²) in [5, 5.41) is 5.09. The van der Waals surface area contributed by atoms with Gasteiger partial charge >= 0.3 is 0 Å². The van der Waals surface area contributed by atoms with Crippen molar-refractivity contribution in [1.82, 2.24) is 15.5 Å². The first-order valence-electron chi connectivity index (χ1n) is 8.14.